The van der Waals surface area contributed by atoms with Crippen molar-refractivity contribution in [2.24, 2.45) is 0 Å². The van der Waals surface area contributed by atoms with E-state index in [4.69, 9.17) is 0 Å². The van der Waals surface area contributed by atoms with Crippen molar-refractivity contribution in [1.29, 1.82) is 0 Å². The summed E-state index contributed by atoms with van der Waals surface area (Å²) in [4.78, 5) is 2.46. The van der Waals surface area contributed by atoms with Gasteiger partial charge in [0.05, 0.1) is 16.8 Å². The van der Waals surface area contributed by atoms with E-state index in [2.05, 4.69) is 148 Å². The van der Waals surface area contributed by atoms with Crippen LogP contribution in [0.25, 0.3) is 11.1 Å². The number of fused-ring (bicyclic) bond motifs is 9. The number of rotatable bonds is 1. The number of benzene rings is 5. The van der Waals surface area contributed by atoms with E-state index >= 15 is 0 Å². The lowest BCUT2D eigenvalue weighted by Gasteiger charge is -2.45. The number of aryl methyl sites for hydroxylation is 1. The third-order valence-corrected chi connectivity index (χ3v) is 8.29. The Balaban J connectivity index is 1.57. The summed E-state index contributed by atoms with van der Waals surface area (Å²) in [6.45, 7) is 9.03. The highest BCUT2D eigenvalue weighted by Crippen LogP contribution is 2.63. The number of hydrogen-bond donors (Lipinski definition) is 0. The lowest BCUT2D eigenvalue weighted by molar-refractivity contribution is 0.590. The smallest absolute Gasteiger partial charge is 0.0754 e. The van der Waals surface area contributed by atoms with Gasteiger partial charge in [0.25, 0.3) is 0 Å². The SMILES string of the molecule is Cc1ccc2c(c1)C1(c3ccccc3-2)c2ccccc2N(c2ccc(C(C)(C)C)cc2)c2ccccc21. The zero-order valence-electron chi connectivity index (χ0n) is 21.9. The van der Waals surface area contributed by atoms with E-state index in [1.807, 2.05) is 0 Å². The molecule has 1 aliphatic heterocycles. The lowest BCUT2D eigenvalue weighted by atomic mass is 9.64. The summed E-state index contributed by atoms with van der Waals surface area (Å²) in [5.41, 5.74) is 14.2. The van der Waals surface area contributed by atoms with E-state index in [0.717, 1.165) is 0 Å². The maximum Gasteiger partial charge on any atom is 0.0754 e. The molecule has 0 radical (unpaired) electrons. The fraction of sp³-hybridized carbons (Fsp3) is 0.167. The van der Waals surface area contributed by atoms with Gasteiger partial charge in [-0.05, 0) is 75.5 Å². The van der Waals surface area contributed by atoms with Crippen molar-refractivity contribution < 1.29 is 0 Å². The van der Waals surface area contributed by atoms with Crippen LogP contribution in [0.1, 0.15) is 54.2 Å². The highest BCUT2D eigenvalue weighted by Gasteiger charge is 2.51. The Morgan fingerprint density at radius 2 is 1.08 bits per heavy atom. The fourth-order valence-electron chi connectivity index (χ4n) is 6.61. The Morgan fingerprint density at radius 3 is 1.70 bits per heavy atom. The van der Waals surface area contributed by atoms with Gasteiger partial charge in [0, 0.05) is 5.69 Å². The Hall–Kier alpha value is -4.10. The molecule has 0 fully saturated rings. The van der Waals surface area contributed by atoms with Gasteiger partial charge in [-0.1, -0.05) is 117 Å². The van der Waals surface area contributed by atoms with Gasteiger partial charge in [0.15, 0.2) is 0 Å². The summed E-state index contributed by atoms with van der Waals surface area (Å²) in [7, 11) is 0. The van der Waals surface area contributed by atoms with E-state index in [9.17, 15) is 0 Å². The zero-order chi connectivity index (χ0) is 25.4. The van der Waals surface area contributed by atoms with Crippen LogP contribution in [0.5, 0.6) is 0 Å². The number of nitrogens with zero attached hydrogens (tertiary/aromatic N) is 1. The molecule has 0 aromatic heterocycles. The lowest BCUT2D eigenvalue weighted by Crippen LogP contribution is -2.36. The molecule has 1 aliphatic carbocycles. The molecular formula is C36H31N. The molecule has 7 rings (SSSR count). The van der Waals surface area contributed by atoms with E-state index in [0.29, 0.717) is 0 Å². The standard InChI is InChI=1S/C36H31N/c1-24-17-22-28-27-11-5-6-12-29(27)36(32(28)23-24)30-13-7-9-15-33(30)37(34-16-10-8-14-31(34)36)26-20-18-25(19-21-26)35(2,3)4/h5-23H,1-4H3. The normalized spacial score (nSPS) is 14.6. The predicted octanol–water partition coefficient (Wildman–Crippen LogP) is 9.44. The summed E-state index contributed by atoms with van der Waals surface area (Å²) >= 11 is 0. The Labute approximate surface area is 220 Å². The first-order valence-corrected chi connectivity index (χ1v) is 13.2. The first-order chi connectivity index (χ1) is 17.9. The first-order valence-electron chi connectivity index (χ1n) is 13.2. The number of para-hydroxylation sites is 2. The van der Waals surface area contributed by atoms with Crippen LogP contribution in [0, 0.1) is 6.92 Å². The van der Waals surface area contributed by atoms with Gasteiger partial charge < -0.3 is 4.90 Å². The van der Waals surface area contributed by atoms with Gasteiger partial charge >= 0.3 is 0 Å². The van der Waals surface area contributed by atoms with Crippen molar-refractivity contribution in [2.45, 2.75) is 38.5 Å². The molecule has 37 heavy (non-hydrogen) atoms. The molecule has 5 aromatic rings. The Morgan fingerprint density at radius 1 is 0.541 bits per heavy atom. The molecular weight excluding hydrogens is 446 g/mol. The van der Waals surface area contributed by atoms with Crippen LogP contribution in [0.15, 0.2) is 115 Å². The van der Waals surface area contributed by atoms with Crippen molar-refractivity contribution in [3.05, 3.63) is 149 Å². The van der Waals surface area contributed by atoms with E-state index in [-0.39, 0.29) is 10.8 Å². The zero-order valence-corrected chi connectivity index (χ0v) is 21.9. The summed E-state index contributed by atoms with van der Waals surface area (Å²) in [5, 5.41) is 0. The molecule has 2 aliphatic rings. The van der Waals surface area contributed by atoms with Crippen LogP contribution in [-0.2, 0) is 10.8 Å². The van der Waals surface area contributed by atoms with Crippen LogP contribution in [-0.4, -0.2) is 0 Å². The largest absolute Gasteiger partial charge is 0.310 e. The minimum absolute atomic E-state index is 0.120. The van der Waals surface area contributed by atoms with Crippen LogP contribution in [0.2, 0.25) is 0 Å². The molecule has 0 atom stereocenters. The number of hydrogen-bond acceptors (Lipinski definition) is 1. The van der Waals surface area contributed by atoms with Crippen LogP contribution < -0.4 is 4.90 Å². The molecule has 0 unspecified atom stereocenters. The minimum atomic E-state index is -0.354. The molecule has 1 nitrogen and oxygen atoms in total. The topological polar surface area (TPSA) is 3.24 Å². The second-order valence-corrected chi connectivity index (χ2v) is 11.5. The summed E-state index contributed by atoms with van der Waals surface area (Å²) in [5.74, 6) is 0. The molecule has 180 valence electrons. The van der Waals surface area contributed by atoms with Gasteiger partial charge in [-0.15, -0.1) is 0 Å². The highest BCUT2D eigenvalue weighted by atomic mass is 15.2. The average molecular weight is 478 g/mol. The van der Waals surface area contributed by atoms with Crippen LogP contribution in [0.3, 0.4) is 0 Å². The quantitative estimate of drug-likeness (QED) is 0.228. The Bertz CT molecular complexity index is 1620. The van der Waals surface area contributed by atoms with E-state index in [1.165, 1.54) is 61.6 Å². The van der Waals surface area contributed by atoms with Gasteiger partial charge in [0.2, 0.25) is 0 Å². The molecule has 1 heteroatoms. The monoisotopic (exact) mass is 477 g/mol. The van der Waals surface area contributed by atoms with E-state index < -0.39 is 0 Å². The molecule has 1 spiro atoms. The molecule has 1 heterocycles. The van der Waals surface area contributed by atoms with Crippen molar-refractivity contribution in [1.82, 2.24) is 0 Å². The fourth-order valence-corrected chi connectivity index (χ4v) is 6.61. The third-order valence-electron chi connectivity index (χ3n) is 8.29. The molecule has 0 bridgehead atoms. The van der Waals surface area contributed by atoms with Gasteiger partial charge in [0.1, 0.15) is 0 Å². The van der Waals surface area contributed by atoms with Crippen molar-refractivity contribution in [2.75, 3.05) is 4.90 Å². The van der Waals surface area contributed by atoms with Crippen molar-refractivity contribution in [3.63, 3.8) is 0 Å². The van der Waals surface area contributed by atoms with Gasteiger partial charge in [-0.3, -0.25) is 0 Å². The van der Waals surface area contributed by atoms with Crippen molar-refractivity contribution in [3.8, 4) is 11.1 Å². The Kier molecular flexibility index (Phi) is 4.60. The average Bonchev–Trinajstić information content (AvgIpc) is 3.19. The second kappa shape index (κ2) is 7.70. The molecule has 0 saturated carbocycles. The molecule has 0 amide bonds. The number of anilines is 3. The maximum atomic E-state index is 2.46. The van der Waals surface area contributed by atoms with Crippen LogP contribution in [0.4, 0.5) is 17.1 Å². The van der Waals surface area contributed by atoms with Crippen LogP contribution >= 0.6 is 0 Å². The maximum absolute atomic E-state index is 2.46. The molecule has 0 saturated heterocycles. The first kappa shape index (κ1) is 22.1. The second-order valence-electron chi connectivity index (χ2n) is 11.5. The molecule has 5 aromatic carbocycles. The minimum Gasteiger partial charge on any atom is -0.310 e. The van der Waals surface area contributed by atoms with E-state index in [1.54, 1.807) is 0 Å². The highest BCUT2D eigenvalue weighted by molar-refractivity contribution is 5.95. The molecule has 0 N–H and O–H groups in total. The summed E-state index contributed by atoms with van der Waals surface area (Å²) < 4.78 is 0. The predicted molar refractivity (Wildman–Crippen MR) is 155 cm³/mol. The summed E-state index contributed by atoms with van der Waals surface area (Å²) in [6.07, 6.45) is 0. The summed E-state index contributed by atoms with van der Waals surface area (Å²) in [6, 6.07) is 43.1. The van der Waals surface area contributed by atoms with Crippen molar-refractivity contribution >= 4 is 17.1 Å². The van der Waals surface area contributed by atoms with Gasteiger partial charge in [-0.2, -0.15) is 0 Å². The van der Waals surface area contributed by atoms with Gasteiger partial charge in [-0.25, -0.2) is 0 Å². The third kappa shape index (κ3) is 2.98.